The molecule has 60 valence electrons. The largest absolute Gasteiger partial charge is 0.347 e. The number of nitrogens with one attached hydrogen (secondary N) is 1. The van der Waals surface area contributed by atoms with Crippen molar-refractivity contribution in [2.45, 2.75) is 19.8 Å². The van der Waals surface area contributed by atoms with Crippen LogP contribution in [0.3, 0.4) is 0 Å². The van der Waals surface area contributed by atoms with Crippen LogP contribution in [0.4, 0.5) is 0 Å². The SMILES string of the molecule is C/N=c1/ccc(C(C)C)c[nH]1. The van der Waals surface area contributed by atoms with Crippen molar-refractivity contribution in [1.82, 2.24) is 4.98 Å². The monoisotopic (exact) mass is 150 g/mol. The van der Waals surface area contributed by atoms with Gasteiger partial charge in [0, 0.05) is 13.2 Å². The van der Waals surface area contributed by atoms with E-state index in [1.54, 1.807) is 7.05 Å². The lowest BCUT2D eigenvalue weighted by Gasteiger charge is -2.02. The van der Waals surface area contributed by atoms with Crippen LogP contribution in [0, 0.1) is 0 Å². The summed E-state index contributed by atoms with van der Waals surface area (Å²) in [6.07, 6.45) is 2.01. The maximum absolute atomic E-state index is 4.02. The van der Waals surface area contributed by atoms with Gasteiger partial charge in [-0.3, -0.25) is 4.99 Å². The van der Waals surface area contributed by atoms with E-state index < -0.39 is 0 Å². The van der Waals surface area contributed by atoms with Crippen LogP contribution >= 0.6 is 0 Å². The Hall–Kier alpha value is -1.05. The molecule has 0 unspecified atom stereocenters. The Balaban J connectivity index is 3.01. The summed E-state index contributed by atoms with van der Waals surface area (Å²) in [6.45, 7) is 4.35. The van der Waals surface area contributed by atoms with E-state index >= 15 is 0 Å². The fourth-order valence-corrected chi connectivity index (χ4v) is 0.927. The van der Waals surface area contributed by atoms with Crippen LogP contribution in [-0.2, 0) is 0 Å². The van der Waals surface area contributed by atoms with E-state index in [2.05, 4.69) is 29.9 Å². The third-order valence-electron chi connectivity index (χ3n) is 1.73. The smallest absolute Gasteiger partial charge is 0.124 e. The Morgan fingerprint density at radius 3 is 2.45 bits per heavy atom. The van der Waals surface area contributed by atoms with Crippen molar-refractivity contribution in [1.29, 1.82) is 0 Å². The number of hydrogen-bond donors (Lipinski definition) is 1. The molecule has 0 aromatic carbocycles. The summed E-state index contributed by atoms with van der Waals surface area (Å²) in [7, 11) is 1.78. The highest BCUT2D eigenvalue weighted by Gasteiger charge is 1.95. The zero-order valence-electron chi connectivity index (χ0n) is 7.26. The van der Waals surface area contributed by atoms with Crippen molar-refractivity contribution in [3.63, 3.8) is 0 Å². The first-order valence-corrected chi connectivity index (χ1v) is 3.85. The fourth-order valence-electron chi connectivity index (χ4n) is 0.927. The second-order valence-electron chi connectivity index (χ2n) is 2.89. The number of nitrogens with zero attached hydrogens (tertiary/aromatic N) is 1. The van der Waals surface area contributed by atoms with Gasteiger partial charge >= 0.3 is 0 Å². The molecule has 0 saturated heterocycles. The van der Waals surface area contributed by atoms with E-state index in [-0.39, 0.29) is 0 Å². The highest BCUT2D eigenvalue weighted by molar-refractivity contribution is 5.12. The van der Waals surface area contributed by atoms with Gasteiger partial charge in [0.05, 0.1) is 0 Å². The van der Waals surface area contributed by atoms with Crippen molar-refractivity contribution in [3.05, 3.63) is 29.4 Å². The molecule has 1 aromatic heterocycles. The fraction of sp³-hybridized carbons (Fsp3) is 0.444. The average molecular weight is 150 g/mol. The predicted molar refractivity (Wildman–Crippen MR) is 46.4 cm³/mol. The lowest BCUT2D eigenvalue weighted by Crippen LogP contribution is -2.06. The molecule has 2 heteroatoms. The highest BCUT2D eigenvalue weighted by atomic mass is 14.8. The molecule has 1 heterocycles. The molecule has 0 aliphatic heterocycles. The van der Waals surface area contributed by atoms with Gasteiger partial charge in [0.15, 0.2) is 0 Å². The summed E-state index contributed by atoms with van der Waals surface area (Å²) in [5.41, 5.74) is 2.24. The Labute approximate surface area is 67.0 Å². The first-order chi connectivity index (χ1) is 5.24. The van der Waals surface area contributed by atoms with E-state index in [9.17, 15) is 0 Å². The van der Waals surface area contributed by atoms with Crippen molar-refractivity contribution in [2.24, 2.45) is 4.99 Å². The Bertz CT molecular complexity index is 263. The molecule has 0 fully saturated rings. The van der Waals surface area contributed by atoms with Crippen LogP contribution < -0.4 is 5.49 Å². The number of pyridine rings is 1. The lowest BCUT2D eigenvalue weighted by atomic mass is 10.1. The summed E-state index contributed by atoms with van der Waals surface area (Å²) < 4.78 is 0. The van der Waals surface area contributed by atoms with Crippen LogP contribution in [0.25, 0.3) is 0 Å². The van der Waals surface area contributed by atoms with E-state index in [0.717, 1.165) is 5.49 Å². The summed E-state index contributed by atoms with van der Waals surface area (Å²) in [5.74, 6) is 0.581. The maximum atomic E-state index is 4.02. The van der Waals surface area contributed by atoms with Gasteiger partial charge in [0.25, 0.3) is 0 Å². The van der Waals surface area contributed by atoms with Crippen molar-refractivity contribution < 1.29 is 0 Å². The van der Waals surface area contributed by atoms with E-state index in [0.29, 0.717) is 5.92 Å². The van der Waals surface area contributed by atoms with Gasteiger partial charge in [-0.25, -0.2) is 0 Å². The van der Waals surface area contributed by atoms with Crippen LogP contribution in [0.5, 0.6) is 0 Å². The van der Waals surface area contributed by atoms with Gasteiger partial charge in [0.1, 0.15) is 5.49 Å². The van der Waals surface area contributed by atoms with Gasteiger partial charge in [0.2, 0.25) is 0 Å². The summed E-state index contributed by atoms with van der Waals surface area (Å²) >= 11 is 0. The lowest BCUT2D eigenvalue weighted by molar-refractivity contribution is 0.853. The van der Waals surface area contributed by atoms with Crippen molar-refractivity contribution in [2.75, 3.05) is 7.05 Å². The van der Waals surface area contributed by atoms with E-state index in [1.807, 2.05) is 12.3 Å². The molecule has 2 nitrogen and oxygen atoms in total. The minimum absolute atomic E-state index is 0.581. The molecule has 1 N–H and O–H groups in total. The number of H-pyrrole nitrogens is 1. The molecule has 1 aromatic rings. The van der Waals surface area contributed by atoms with Crippen LogP contribution in [0.1, 0.15) is 25.3 Å². The summed E-state index contributed by atoms with van der Waals surface area (Å²) in [5, 5.41) is 0. The van der Waals surface area contributed by atoms with Gasteiger partial charge in [-0.1, -0.05) is 19.9 Å². The summed E-state index contributed by atoms with van der Waals surface area (Å²) in [4.78, 5) is 7.12. The van der Waals surface area contributed by atoms with Crippen LogP contribution in [-0.4, -0.2) is 12.0 Å². The predicted octanol–water partition coefficient (Wildman–Crippen LogP) is 1.67. The molecular formula is C9H14N2. The van der Waals surface area contributed by atoms with Gasteiger partial charge < -0.3 is 4.98 Å². The number of hydrogen-bond acceptors (Lipinski definition) is 1. The highest BCUT2D eigenvalue weighted by Crippen LogP contribution is 2.09. The number of aromatic amines is 1. The molecule has 0 amide bonds. The van der Waals surface area contributed by atoms with Crippen LogP contribution in [0.2, 0.25) is 0 Å². The average Bonchev–Trinajstić information content (AvgIpc) is 2.05. The van der Waals surface area contributed by atoms with Crippen LogP contribution in [0.15, 0.2) is 23.3 Å². The second-order valence-corrected chi connectivity index (χ2v) is 2.89. The minimum Gasteiger partial charge on any atom is -0.347 e. The molecule has 0 aliphatic carbocycles. The van der Waals surface area contributed by atoms with Crippen molar-refractivity contribution >= 4 is 0 Å². The summed E-state index contributed by atoms with van der Waals surface area (Å²) in [6, 6.07) is 4.10. The van der Waals surface area contributed by atoms with E-state index in [4.69, 9.17) is 0 Å². The molecule has 0 bridgehead atoms. The number of rotatable bonds is 1. The van der Waals surface area contributed by atoms with Gasteiger partial charge in [-0.15, -0.1) is 0 Å². The molecule has 0 saturated carbocycles. The molecule has 1 rings (SSSR count). The molecule has 0 radical (unpaired) electrons. The zero-order chi connectivity index (χ0) is 8.27. The first-order valence-electron chi connectivity index (χ1n) is 3.85. The Kier molecular flexibility index (Phi) is 2.47. The quantitative estimate of drug-likeness (QED) is 0.630. The van der Waals surface area contributed by atoms with Gasteiger partial charge in [-0.2, -0.15) is 0 Å². The zero-order valence-corrected chi connectivity index (χ0v) is 7.26. The molecular weight excluding hydrogens is 136 g/mol. The third kappa shape index (κ3) is 1.93. The molecule has 0 aliphatic rings. The molecule has 11 heavy (non-hydrogen) atoms. The standard InChI is InChI=1S/C9H14N2/c1-7(2)8-4-5-9(10-3)11-6-8/h4-7H,1-3H3,(H,10,11). The van der Waals surface area contributed by atoms with E-state index in [1.165, 1.54) is 5.56 Å². The molecule has 0 spiro atoms. The third-order valence-corrected chi connectivity index (χ3v) is 1.73. The maximum Gasteiger partial charge on any atom is 0.124 e. The second kappa shape index (κ2) is 3.37. The first kappa shape index (κ1) is 8.05. The van der Waals surface area contributed by atoms with Gasteiger partial charge in [-0.05, 0) is 17.5 Å². The minimum atomic E-state index is 0.581. The van der Waals surface area contributed by atoms with Crippen molar-refractivity contribution in [3.8, 4) is 0 Å². The normalized spacial score (nSPS) is 12.5. The number of aromatic nitrogens is 1. The Morgan fingerprint density at radius 1 is 1.36 bits per heavy atom. The molecule has 0 atom stereocenters. The Morgan fingerprint density at radius 2 is 2.09 bits per heavy atom. The topological polar surface area (TPSA) is 28.1 Å².